The lowest BCUT2D eigenvalue weighted by atomic mass is 10.1. The molecule has 29 heavy (non-hydrogen) atoms. The van der Waals surface area contributed by atoms with E-state index in [1.165, 1.54) is 0 Å². The summed E-state index contributed by atoms with van der Waals surface area (Å²) in [6, 6.07) is 20.1. The molecule has 3 aromatic carbocycles. The van der Waals surface area contributed by atoms with Gasteiger partial charge in [0.2, 0.25) is 5.91 Å². The largest absolute Gasteiger partial charge is 0.497 e. The van der Waals surface area contributed by atoms with Crippen LogP contribution in [-0.2, 0) is 4.79 Å². The van der Waals surface area contributed by atoms with E-state index in [0.29, 0.717) is 18.7 Å². The number of urea groups is 1. The van der Waals surface area contributed by atoms with Crippen LogP contribution in [0.25, 0.3) is 10.8 Å². The van der Waals surface area contributed by atoms with E-state index in [0.717, 1.165) is 28.6 Å². The second kappa shape index (κ2) is 8.22. The summed E-state index contributed by atoms with van der Waals surface area (Å²) in [5, 5.41) is 7.92. The van der Waals surface area contributed by atoms with Gasteiger partial charge in [-0.1, -0.05) is 36.4 Å². The first-order valence-corrected chi connectivity index (χ1v) is 9.66. The lowest BCUT2D eigenvalue weighted by molar-refractivity contribution is -0.119. The first kappa shape index (κ1) is 18.8. The predicted molar refractivity (Wildman–Crippen MR) is 114 cm³/mol. The zero-order valence-corrected chi connectivity index (χ0v) is 16.2. The average Bonchev–Trinajstić information content (AvgIpc) is 3.25. The van der Waals surface area contributed by atoms with Crippen LogP contribution in [0.1, 0.15) is 12.8 Å². The van der Waals surface area contributed by atoms with Gasteiger partial charge in [-0.3, -0.25) is 4.79 Å². The number of rotatable bonds is 4. The van der Waals surface area contributed by atoms with Gasteiger partial charge in [-0.25, -0.2) is 4.79 Å². The number of carbonyl (C=O) groups is 2. The van der Waals surface area contributed by atoms with Crippen LogP contribution in [-0.4, -0.2) is 36.5 Å². The molecule has 1 saturated heterocycles. The molecular weight excluding hydrogens is 366 g/mol. The van der Waals surface area contributed by atoms with Crippen molar-refractivity contribution < 1.29 is 14.3 Å². The van der Waals surface area contributed by atoms with Gasteiger partial charge >= 0.3 is 6.03 Å². The summed E-state index contributed by atoms with van der Waals surface area (Å²) in [5.41, 5.74) is 1.42. The quantitative estimate of drug-likeness (QED) is 0.691. The van der Waals surface area contributed by atoms with Crippen molar-refractivity contribution in [2.24, 2.45) is 0 Å². The van der Waals surface area contributed by atoms with E-state index in [1.54, 1.807) is 36.3 Å². The Hall–Kier alpha value is -3.54. The van der Waals surface area contributed by atoms with Gasteiger partial charge in [0.25, 0.3) is 0 Å². The lowest BCUT2D eigenvalue weighted by Crippen LogP contribution is -2.45. The molecule has 148 valence electrons. The first-order valence-electron chi connectivity index (χ1n) is 9.66. The van der Waals surface area contributed by atoms with Crippen molar-refractivity contribution in [3.63, 3.8) is 0 Å². The molecule has 1 atom stereocenters. The lowest BCUT2D eigenvalue weighted by Gasteiger charge is -2.24. The third kappa shape index (κ3) is 4.01. The van der Waals surface area contributed by atoms with Crippen molar-refractivity contribution >= 4 is 34.1 Å². The van der Waals surface area contributed by atoms with E-state index >= 15 is 0 Å². The zero-order valence-electron chi connectivity index (χ0n) is 16.2. The summed E-state index contributed by atoms with van der Waals surface area (Å²) in [5.74, 6) is 0.556. The molecule has 1 aliphatic heterocycles. The molecule has 3 amide bonds. The van der Waals surface area contributed by atoms with Gasteiger partial charge in [-0.15, -0.1) is 0 Å². The smallest absolute Gasteiger partial charge is 0.322 e. The molecule has 1 heterocycles. The Morgan fingerprint density at radius 2 is 1.72 bits per heavy atom. The number of methoxy groups -OCH3 is 1. The summed E-state index contributed by atoms with van der Waals surface area (Å²) < 4.78 is 5.13. The first-order chi connectivity index (χ1) is 14.2. The molecule has 0 saturated carbocycles. The Labute approximate surface area is 169 Å². The fraction of sp³-hybridized carbons (Fsp3) is 0.217. The molecule has 0 spiro atoms. The van der Waals surface area contributed by atoms with Gasteiger partial charge in [0, 0.05) is 23.3 Å². The van der Waals surface area contributed by atoms with Crippen LogP contribution in [0.5, 0.6) is 5.75 Å². The van der Waals surface area contributed by atoms with E-state index in [2.05, 4.69) is 10.6 Å². The van der Waals surface area contributed by atoms with Crippen LogP contribution in [0.4, 0.5) is 16.2 Å². The van der Waals surface area contributed by atoms with Gasteiger partial charge in [0.05, 0.1) is 7.11 Å². The maximum Gasteiger partial charge on any atom is 0.322 e. The fourth-order valence-electron chi connectivity index (χ4n) is 3.70. The Morgan fingerprint density at radius 3 is 2.52 bits per heavy atom. The maximum atomic E-state index is 13.0. The highest BCUT2D eigenvalue weighted by molar-refractivity contribution is 6.05. The van der Waals surface area contributed by atoms with Gasteiger partial charge < -0.3 is 20.3 Å². The highest BCUT2D eigenvalue weighted by atomic mass is 16.5. The molecular formula is C23H23N3O3. The SMILES string of the molecule is COc1ccc(NC(=O)N2CCCC2C(=O)Nc2cccc3ccccc23)cc1. The number of ether oxygens (including phenoxy) is 1. The number of carbonyl (C=O) groups excluding carboxylic acids is 2. The molecule has 0 radical (unpaired) electrons. The summed E-state index contributed by atoms with van der Waals surface area (Å²) in [6.07, 6.45) is 1.44. The van der Waals surface area contributed by atoms with E-state index in [-0.39, 0.29) is 11.9 Å². The minimum atomic E-state index is -0.493. The van der Waals surface area contributed by atoms with Crippen molar-refractivity contribution in [1.29, 1.82) is 0 Å². The molecule has 6 nitrogen and oxygen atoms in total. The normalized spacial score (nSPS) is 15.9. The Kier molecular flexibility index (Phi) is 5.33. The second-order valence-electron chi connectivity index (χ2n) is 7.03. The topological polar surface area (TPSA) is 70.7 Å². The number of hydrogen-bond donors (Lipinski definition) is 2. The Morgan fingerprint density at radius 1 is 0.966 bits per heavy atom. The average molecular weight is 389 g/mol. The van der Waals surface area contributed by atoms with E-state index in [1.807, 2.05) is 42.5 Å². The molecule has 1 fully saturated rings. The number of nitrogens with one attached hydrogen (secondary N) is 2. The van der Waals surface area contributed by atoms with Crippen LogP contribution in [0.15, 0.2) is 66.7 Å². The molecule has 3 aromatic rings. The van der Waals surface area contributed by atoms with Crippen LogP contribution in [0, 0.1) is 0 Å². The standard InChI is InChI=1S/C23H23N3O3/c1-29-18-13-11-17(12-14-18)24-23(28)26-15-5-10-21(26)22(27)25-20-9-4-7-16-6-2-3-8-19(16)20/h2-4,6-9,11-14,21H,5,10,15H2,1H3,(H,24,28)(H,25,27). The molecule has 0 aromatic heterocycles. The molecule has 4 rings (SSSR count). The highest BCUT2D eigenvalue weighted by Gasteiger charge is 2.34. The summed E-state index contributed by atoms with van der Waals surface area (Å²) in [4.78, 5) is 27.3. The molecule has 1 unspecified atom stereocenters. The molecule has 2 N–H and O–H groups in total. The Bertz CT molecular complexity index is 1030. The van der Waals surface area contributed by atoms with Gasteiger partial charge in [0.15, 0.2) is 0 Å². The van der Waals surface area contributed by atoms with Crippen molar-refractivity contribution in [2.75, 3.05) is 24.3 Å². The third-order valence-electron chi connectivity index (χ3n) is 5.21. The van der Waals surface area contributed by atoms with Crippen molar-refractivity contribution in [3.8, 4) is 5.75 Å². The van der Waals surface area contributed by atoms with Gasteiger partial charge in [-0.05, 0) is 48.6 Å². The molecule has 0 aliphatic carbocycles. The number of hydrogen-bond acceptors (Lipinski definition) is 3. The molecule has 0 bridgehead atoms. The minimum absolute atomic E-state index is 0.163. The van der Waals surface area contributed by atoms with Crippen molar-refractivity contribution in [2.45, 2.75) is 18.9 Å². The molecule has 6 heteroatoms. The highest BCUT2D eigenvalue weighted by Crippen LogP contribution is 2.26. The van der Waals surface area contributed by atoms with Crippen molar-refractivity contribution in [3.05, 3.63) is 66.7 Å². The van der Waals surface area contributed by atoms with Crippen LogP contribution in [0.2, 0.25) is 0 Å². The number of fused-ring (bicyclic) bond motifs is 1. The minimum Gasteiger partial charge on any atom is -0.497 e. The number of nitrogens with zero attached hydrogens (tertiary/aromatic N) is 1. The summed E-state index contributed by atoms with van der Waals surface area (Å²) in [6.45, 7) is 0.551. The molecule has 1 aliphatic rings. The number of anilines is 2. The van der Waals surface area contributed by atoms with Crippen LogP contribution in [0.3, 0.4) is 0 Å². The van der Waals surface area contributed by atoms with Crippen LogP contribution < -0.4 is 15.4 Å². The second-order valence-corrected chi connectivity index (χ2v) is 7.03. The van der Waals surface area contributed by atoms with Gasteiger partial charge in [0.1, 0.15) is 11.8 Å². The summed E-state index contributed by atoms with van der Waals surface area (Å²) >= 11 is 0. The van der Waals surface area contributed by atoms with Crippen molar-refractivity contribution in [1.82, 2.24) is 4.90 Å². The number of benzene rings is 3. The zero-order chi connectivity index (χ0) is 20.2. The van der Waals surface area contributed by atoms with Crippen LogP contribution >= 0.6 is 0 Å². The van der Waals surface area contributed by atoms with Gasteiger partial charge in [-0.2, -0.15) is 0 Å². The van der Waals surface area contributed by atoms with E-state index in [9.17, 15) is 9.59 Å². The fourth-order valence-corrected chi connectivity index (χ4v) is 3.70. The summed E-state index contributed by atoms with van der Waals surface area (Å²) in [7, 11) is 1.59. The Balaban J connectivity index is 1.46. The maximum absolute atomic E-state index is 13.0. The third-order valence-corrected chi connectivity index (χ3v) is 5.21. The number of likely N-dealkylation sites (tertiary alicyclic amines) is 1. The predicted octanol–water partition coefficient (Wildman–Crippen LogP) is 4.48. The van der Waals surface area contributed by atoms with E-state index in [4.69, 9.17) is 4.74 Å². The monoisotopic (exact) mass is 389 g/mol. The number of amides is 3. The van der Waals surface area contributed by atoms with E-state index < -0.39 is 6.04 Å².